The summed E-state index contributed by atoms with van der Waals surface area (Å²) in [6.07, 6.45) is 2.83. The smallest absolute Gasteiger partial charge is 0.225 e. The number of carbonyl (C=O) groups is 1. The number of hydrogen-bond acceptors (Lipinski definition) is 3. The summed E-state index contributed by atoms with van der Waals surface area (Å²) in [6.45, 7) is 11.4. The first-order valence-electron chi connectivity index (χ1n) is 10.9. The first kappa shape index (κ1) is 23.0. The molecule has 2 rings (SSSR count). The van der Waals surface area contributed by atoms with Gasteiger partial charge in [0, 0.05) is 38.6 Å². The molecule has 1 amide bonds. The van der Waals surface area contributed by atoms with Gasteiger partial charge < -0.3 is 20.3 Å². The van der Waals surface area contributed by atoms with Gasteiger partial charge in [0.2, 0.25) is 5.91 Å². The average Bonchev–Trinajstić information content (AvgIpc) is 2.72. The van der Waals surface area contributed by atoms with Gasteiger partial charge in [-0.3, -0.25) is 9.79 Å². The number of aliphatic imine (C=N–C) groups is 1. The second kappa shape index (κ2) is 11.7. The van der Waals surface area contributed by atoms with Gasteiger partial charge in [-0.05, 0) is 42.9 Å². The van der Waals surface area contributed by atoms with Crippen molar-refractivity contribution < 1.29 is 9.53 Å². The number of benzene rings is 1. The molecule has 1 aromatic carbocycles. The Kier molecular flexibility index (Phi) is 9.29. The van der Waals surface area contributed by atoms with Crippen LogP contribution in [0.3, 0.4) is 0 Å². The zero-order chi connectivity index (χ0) is 21.2. The number of carbonyl (C=O) groups excluding carboxylic acids is 1. The fourth-order valence-electron chi connectivity index (χ4n) is 3.34. The Balaban J connectivity index is 1.70. The lowest BCUT2D eigenvalue weighted by atomic mass is 10.0. The molecule has 6 heteroatoms. The number of hydrogen-bond donors (Lipinski definition) is 2. The fourth-order valence-corrected chi connectivity index (χ4v) is 3.34. The molecule has 0 aromatic heterocycles. The molecule has 29 heavy (non-hydrogen) atoms. The molecular weight excluding hydrogens is 364 g/mol. The highest BCUT2D eigenvalue weighted by molar-refractivity contribution is 5.80. The first-order valence-corrected chi connectivity index (χ1v) is 10.9. The van der Waals surface area contributed by atoms with E-state index in [-0.39, 0.29) is 11.8 Å². The maximum absolute atomic E-state index is 12.1. The third kappa shape index (κ3) is 7.95. The SMILES string of the molecule is CN=C(NCCc1ccc(OCC(C)C)cc1)NC1CCN(C(=O)C(C)C)CC1. The second-order valence-electron chi connectivity index (χ2n) is 8.50. The topological polar surface area (TPSA) is 66.0 Å². The molecular formula is C23H38N4O2. The van der Waals surface area contributed by atoms with Crippen LogP contribution in [0.2, 0.25) is 0 Å². The van der Waals surface area contributed by atoms with Gasteiger partial charge in [-0.2, -0.15) is 0 Å². The van der Waals surface area contributed by atoms with Crippen LogP contribution in [0.25, 0.3) is 0 Å². The largest absolute Gasteiger partial charge is 0.493 e. The lowest BCUT2D eigenvalue weighted by Gasteiger charge is -2.34. The van der Waals surface area contributed by atoms with E-state index in [0.717, 1.165) is 57.2 Å². The van der Waals surface area contributed by atoms with E-state index in [1.807, 2.05) is 30.9 Å². The third-order valence-corrected chi connectivity index (χ3v) is 5.08. The molecule has 0 saturated carbocycles. The summed E-state index contributed by atoms with van der Waals surface area (Å²) in [4.78, 5) is 18.4. The summed E-state index contributed by atoms with van der Waals surface area (Å²) < 4.78 is 5.73. The van der Waals surface area contributed by atoms with Crippen LogP contribution >= 0.6 is 0 Å². The monoisotopic (exact) mass is 402 g/mol. The summed E-state index contributed by atoms with van der Waals surface area (Å²) in [5, 5.41) is 6.90. The minimum Gasteiger partial charge on any atom is -0.493 e. The molecule has 0 radical (unpaired) electrons. The molecule has 1 heterocycles. The molecule has 1 saturated heterocycles. The Morgan fingerprint density at radius 2 is 1.83 bits per heavy atom. The predicted molar refractivity (Wildman–Crippen MR) is 119 cm³/mol. The van der Waals surface area contributed by atoms with E-state index in [9.17, 15) is 4.79 Å². The Bertz CT molecular complexity index is 647. The van der Waals surface area contributed by atoms with Gasteiger partial charge in [0.1, 0.15) is 5.75 Å². The zero-order valence-electron chi connectivity index (χ0n) is 18.7. The van der Waals surface area contributed by atoms with Crippen LogP contribution in [0.4, 0.5) is 0 Å². The van der Waals surface area contributed by atoms with Crippen molar-refractivity contribution in [3.63, 3.8) is 0 Å². The molecule has 1 aromatic rings. The minimum absolute atomic E-state index is 0.0739. The number of piperidine rings is 1. The van der Waals surface area contributed by atoms with Crippen LogP contribution in [0, 0.1) is 11.8 Å². The maximum Gasteiger partial charge on any atom is 0.225 e. The molecule has 0 aliphatic carbocycles. The van der Waals surface area contributed by atoms with Crippen LogP contribution in [-0.2, 0) is 11.2 Å². The number of amides is 1. The van der Waals surface area contributed by atoms with Crippen molar-refractivity contribution in [2.75, 3.05) is 33.3 Å². The van der Waals surface area contributed by atoms with Gasteiger partial charge in [-0.1, -0.05) is 39.8 Å². The van der Waals surface area contributed by atoms with Crippen LogP contribution in [0.15, 0.2) is 29.3 Å². The van der Waals surface area contributed by atoms with Crippen molar-refractivity contribution in [1.29, 1.82) is 0 Å². The van der Waals surface area contributed by atoms with Crippen LogP contribution in [0.1, 0.15) is 46.1 Å². The highest BCUT2D eigenvalue weighted by Gasteiger charge is 2.24. The van der Waals surface area contributed by atoms with Gasteiger partial charge in [-0.25, -0.2) is 0 Å². The molecule has 0 atom stereocenters. The highest BCUT2D eigenvalue weighted by Crippen LogP contribution is 2.14. The van der Waals surface area contributed by atoms with Crippen molar-refractivity contribution in [2.45, 2.75) is 53.0 Å². The summed E-state index contributed by atoms with van der Waals surface area (Å²) in [7, 11) is 1.80. The molecule has 6 nitrogen and oxygen atoms in total. The number of nitrogens with one attached hydrogen (secondary N) is 2. The van der Waals surface area contributed by atoms with E-state index >= 15 is 0 Å². The molecule has 0 bridgehead atoms. The second-order valence-corrected chi connectivity index (χ2v) is 8.50. The fraction of sp³-hybridized carbons (Fsp3) is 0.652. The van der Waals surface area contributed by atoms with Crippen molar-refractivity contribution in [3.05, 3.63) is 29.8 Å². The van der Waals surface area contributed by atoms with E-state index in [2.05, 4.69) is 41.6 Å². The van der Waals surface area contributed by atoms with Crippen molar-refractivity contribution in [2.24, 2.45) is 16.8 Å². The predicted octanol–water partition coefficient (Wildman–Crippen LogP) is 3.08. The summed E-state index contributed by atoms with van der Waals surface area (Å²) in [6, 6.07) is 8.67. The maximum atomic E-state index is 12.1. The van der Waals surface area contributed by atoms with Crippen molar-refractivity contribution >= 4 is 11.9 Å². The molecule has 2 N–H and O–H groups in total. The van der Waals surface area contributed by atoms with Crippen molar-refractivity contribution in [1.82, 2.24) is 15.5 Å². The minimum atomic E-state index is 0.0739. The molecule has 0 unspecified atom stereocenters. The van der Waals surface area contributed by atoms with Crippen LogP contribution in [0.5, 0.6) is 5.75 Å². The van der Waals surface area contributed by atoms with Gasteiger partial charge in [0.15, 0.2) is 5.96 Å². The summed E-state index contributed by atoms with van der Waals surface area (Å²) in [5.74, 6) is 2.61. The number of nitrogens with zero attached hydrogens (tertiary/aromatic N) is 2. The number of ether oxygens (including phenoxy) is 1. The van der Waals surface area contributed by atoms with Gasteiger partial charge >= 0.3 is 0 Å². The first-order chi connectivity index (χ1) is 13.9. The zero-order valence-corrected chi connectivity index (χ0v) is 18.7. The quantitative estimate of drug-likeness (QED) is 0.518. The lowest BCUT2D eigenvalue weighted by molar-refractivity contribution is -0.135. The highest BCUT2D eigenvalue weighted by atomic mass is 16.5. The Labute approximate surface area is 176 Å². The summed E-state index contributed by atoms with van der Waals surface area (Å²) >= 11 is 0. The van der Waals surface area contributed by atoms with Gasteiger partial charge in [0.25, 0.3) is 0 Å². The Morgan fingerprint density at radius 3 is 2.38 bits per heavy atom. The van der Waals surface area contributed by atoms with Crippen LogP contribution < -0.4 is 15.4 Å². The number of likely N-dealkylation sites (tertiary alicyclic amines) is 1. The molecule has 1 fully saturated rings. The van der Waals surface area contributed by atoms with Gasteiger partial charge in [0.05, 0.1) is 6.61 Å². The average molecular weight is 403 g/mol. The van der Waals surface area contributed by atoms with E-state index in [1.165, 1.54) is 5.56 Å². The van der Waals surface area contributed by atoms with Gasteiger partial charge in [-0.15, -0.1) is 0 Å². The van der Waals surface area contributed by atoms with Crippen molar-refractivity contribution in [3.8, 4) is 5.75 Å². The number of guanidine groups is 1. The standard InChI is InChI=1S/C23H38N4O2/c1-17(2)16-29-21-8-6-19(7-9-21)10-13-25-23(24-5)26-20-11-14-27(15-12-20)22(28)18(3)4/h6-9,17-18,20H,10-16H2,1-5H3,(H2,24,25,26). The Hall–Kier alpha value is -2.24. The molecule has 1 aliphatic rings. The van der Waals surface area contributed by atoms with E-state index in [0.29, 0.717) is 12.0 Å². The summed E-state index contributed by atoms with van der Waals surface area (Å²) in [5.41, 5.74) is 1.27. The molecule has 1 aliphatic heterocycles. The third-order valence-electron chi connectivity index (χ3n) is 5.08. The Morgan fingerprint density at radius 1 is 1.17 bits per heavy atom. The number of rotatable bonds is 8. The molecule has 0 spiro atoms. The normalized spacial score (nSPS) is 15.7. The van der Waals surface area contributed by atoms with E-state index in [1.54, 1.807) is 7.05 Å². The van der Waals surface area contributed by atoms with E-state index in [4.69, 9.17) is 4.74 Å². The van der Waals surface area contributed by atoms with E-state index < -0.39 is 0 Å². The molecule has 162 valence electrons. The lowest BCUT2D eigenvalue weighted by Crippen LogP contribution is -2.50. The van der Waals surface area contributed by atoms with Crippen LogP contribution in [-0.4, -0.2) is 56.1 Å².